The van der Waals surface area contributed by atoms with Gasteiger partial charge in [0.1, 0.15) is 0 Å². The first-order chi connectivity index (χ1) is 9.70. The quantitative estimate of drug-likeness (QED) is 0.584. The zero-order chi connectivity index (χ0) is 14.4. The largest absolute Gasteiger partial charge is 0.462 e. The van der Waals surface area contributed by atoms with E-state index in [4.69, 9.17) is 4.74 Å². The molecular weight excluding hydrogens is 248 g/mol. The van der Waals surface area contributed by atoms with Gasteiger partial charge in [-0.2, -0.15) is 0 Å². The van der Waals surface area contributed by atoms with Crippen molar-refractivity contribution in [3.05, 3.63) is 59.7 Å². The standard InChI is InChI=1S/C18H20O2/c1-3-4-12-20-18(19)16-10-8-15(9-11-16)17-7-5-6-14(2)13-17/h5-11,13H,3-4,12H2,1-2H3. The smallest absolute Gasteiger partial charge is 0.338 e. The second-order valence-electron chi connectivity index (χ2n) is 4.94. The minimum Gasteiger partial charge on any atom is -0.462 e. The van der Waals surface area contributed by atoms with E-state index in [1.165, 1.54) is 5.56 Å². The van der Waals surface area contributed by atoms with E-state index in [0.717, 1.165) is 24.0 Å². The summed E-state index contributed by atoms with van der Waals surface area (Å²) in [6, 6.07) is 15.9. The summed E-state index contributed by atoms with van der Waals surface area (Å²) < 4.78 is 5.19. The van der Waals surface area contributed by atoms with E-state index in [9.17, 15) is 4.79 Å². The molecule has 2 nitrogen and oxygen atoms in total. The van der Waals surface area contributed by atoms with E-state index in [-0.39, 0.29) is 5.97 Å². The van der Waals surface area contributed by atoms with Crippen LogP contribution in [0.1, 0.15) is 35.7 Å². The number of carbonyl (C=O) groups is 1. The normalized spacial score (nSPS) is 10.3. The Labute approximate surface area is 120 Å². The molecule has 0 heterocycles. The number of carbonyl (C=O) groups excluding carboxylic acids is 1. The summed E-state index contributed by atoms with van der Waals surface area (Å²) >= 11 is 0. The van der Waals surface area contributed by atoms with Gasteiger partial charge in [-0.25, -0.2) is 4.79 Å². The Morgan fingerprint density at radius 3 is 2.45 bits per heavy atom. The van der Waals surface area contributed by atoms with Crippen LogP contribution in [-0.4, -0.2) is 12.6 Å². The number of esters is 1. The molecular formula is C18H20O2. The topological polar surface area (TPSA) is 26.3 Å². The fourth-order valence-corrected chi connectivity index (χ4v) is 2.02. The molecule has 20 heavy (non-hydrogen) atoms. The van der Waals surface area contributed by atoms with E-state index in [2.05, 4.69) is 32.0 Å². The summed E-state index contributed by atoms with van der Waals surface area (Å²) in [4.78, 5) is 11.8. The van der Waals surface area contributed by atoms with Gasteiger partial charge in [0, 0.05) is 0 Å². The predicted octanol–water partition coefficient (Wildman–Crippen LogP) is 4.62. The van der Waals surface area contributed by atoms with Crippen molar-refractivity contribution < 1.29 is 9.53 Å². The van der Waals surface area contributed by atoms with Crippen LogP contribution in [0.4, 0.5) is 0 Å². The number of rotatable bonds is 5. The van der Waals surface area contributed by atoms with Crippen molar-refractivity contribution >= 4 is 5.97 Å². The second-order valence-corrected chi connectivity index (χ2v) is 4.94. The maximum Gasteiger partial charge on any atom is 0.338 e. The minimum absolute atomic E-state index is 0.241. The fourth-order valence-electron chi connectivity index (χ4n) is 2.02. The number of aryl methyl sites for hydroxylation is 1. The lowest BCUT2D eigenvalue weighted by molar-refractivity contribution is 0.0500. The highest BCUT2D eigenvalue weighted by Gasteiger charge is 2.07. The van der Waals surface area contributed by atoms with Crippen LogP contribution in [0, 0.1) is 6.92 Å². The zero-order valence-corrected chi connectivity index (χ0v) is 12.1. The Morgan fingerprint density at radius 1 is 1.05 bits per heavy atom. The Morgan fingerprint density at radius 2 is 1.80 bits per heavy atom. The molecule has 0 spiro atoms. The summed E-state index contributed by atoms with van der Waals surface area (Å²) in [5.74, 6) is -0.241. The zero-order valence-electron chi connectivity index (χ0n) is 12.1. The van der Waals surface area contributed by atoms with Crippen molar-refractivity contribution in [3.63, 3.8) is 0 Å². The second kappa shape index (κ2) is 6.90. The molecule has 0 aromatic heterocycles. The van der Waals surface area contributed by atoms with Crippen molar-refractivity contribution in [2.75, 3.05) is 6.61 Å². The highest BCUT2D eigenvalue weighted by atomic mass is 16.5. The van der Waals surface area contributed by atoms with Crippen molar-refractivity contribution in [2.24, 2.45) is 0 Å². The van der Waals surface area contributed by atoms with Crippen LogP contribution in [0.2, 0.25) is 0 Å². The molecule has 2 aromatic carbocycles. The van der Waals surface area contributed by atoms with Crippen molar-refractivity contribution in [1.82, 2.24) is 0 Å². The Hall–Kier alpha value is -2.09. The summed E-state index contributed by atoms with van der Waals surface area (Å²) in [7, 11) is 0. The molecule has 0 fully saturated rings. The maximum absolute atomic E-state index is 11.8. The molecule has 0 saturated carbocycles. The highest BCUT2D eigenvalue weighted by molar-refractivity contribution is 5.90. The summed E-state index contributed by atoms with van der Waals surface area (Å²) in [5.41, 5.74) is 4.11. The molecule has 104 valence electrons. The van der Waals surface area contributed by atoms with Gasteiger partial charge in [0.05, 0.1) is 12.2 Å². The highest BCUT2D eigenvalue weighted by Crippen LogP contribution is 2.21. The van der Waals surface area contributed by atoms with E-state index in [1.54, 1.807) is 0 Å². The van der Waals surface area contributed by atoms with Gasteiger partial charge in [-0.1, -0.05) is 55.3 Å². The molecule has 2 aromatic rings. The minimum atomic E-state index is -0.241. The van der Waals surface area contributed by atoms with Crippen molar-refractivity contribution in [3.8, 4) is 11.1 Å². The number of ether oxygens (including phenoxy) is 1. The summed E-state index contributed by atoms with van der Waals surface area (Å²) in [5, 5.41) is 0. The average molecular weight is 268 g/mol. The first-order valence-electron chi connectivity index (χ1n) is 7.05. The van der Waals surface area contributed by atoms with Crippen molar-refractivity contribution in [2.45, 2.75) is 26.7 Å². The number of benzene rings is 2. The number of hydrogen-bond donors (Lipinski definition) is 0. The van der Waals surface area contributed by atoms with E-state index in [1.807, 2.05) is 30.3 Å². The third kappa shape index (κ3) is 3.70. The summed E-state index contributed by atoms with van der Waals surface area (Å²) in [6.45, 7) is 4.64. The molecule has 2 heteroatoms. The lowest BCUT2D eigenvalue weighted by Gasteiger charge is -2.06. The van der Waals surface area contributed by atoms with Gasteiger partial charge in [-0.3, -0.25) is 0 Å². The SMILES string of the molecule is CCCCOC(=O)c1ccc(-c2cccc(C)c2)cc1. The average Bonchev–Trinajstić information content (AvgIpc) is 2.47. The Balaban J connectivity index is 2.08. The molecule has 0 amide bonds. The van der Waals surface area contributed by atoms with Gasteiger partial charge in [-0.15, -0.1) is 0 Å². The van der Waals surface area contributed by atoms with Crippen LogP contribution >= 0.6 is 0 Å². The van der Waals surface area contributed by atoms with E-state index >= 15 is 0 Å². The van der Waals surface area contributed by atoms with E-state index in [0.29, 0.717) is 12.2 Å². The molecule has 0 saturated heterocycles. The first-order valence-corrected chi connectivity index (χ1v) is 7.05. The van der Waals surface area contributed by atoms with E-state index < -0.39 is 0 Å². The third-order valence-corrected chi connectivity index (χ3v) is 3.20. The fraction of sp³-hybridized carbons (Fsp3) is 0.278. The Kier molecular flexibility index (Phi) is 4.94. The predicted molar refractivity (Wildman–Crippen MR) is 81.8 cm³/mol. The molecule has 0 aliphatic carbocycles. The van der Waals surface area contributed by atoms with Crippen LogP contribution in [0.25, 0.3) is 11.1 Å². The van der Waals surface area contributed by atoms with Crippen molar-refractivity contribution in [1.29, 1.82) is 0 Å². The molecule has 0 unspecified atom stereocenters. The lowest BCUT2D eigenvalue weighted by atomic mass is 10.0. The van der Waals surface area contributed by atoms with Crippen LogP contribution in [0.15, 0.2) is 48.5 Å². The van der Waals surface area contributed by atoms with Crippen LogP contribution in [0.3, 0.4) is 0 Å². The maximum atomic E-state index is 11.8. The van der Waals surface area contributed by atoms with Gasteiger partial charge in [0.25, 0.3) is 0 Å². The molecule has 0 atom stereocenters. The van der Waals surface area contributed by atoms with Gasteiger partial charge in [-0.05, 0) is 36.6 Å². The molecule has 0 aliphatic heterocycles. The number of unbranched alkanes of at least 4 members (excludes halogenated alkanes) is 1. The molecule has 0 aliphatic rings. The van der Waals surface area contributed by atoms with Gasteiger partial charge in [0.15, 0.2) is 0 Å². The molecule has 0 bridgehead atoms. The van der Waals surface area contributed by atoms with Crippen LogP contribution in [-0.2, 0) is 4.74 Å². The van der Waals surface area contributed by atoms with Crippen LogP contribution < -0.4 is 0 Å². The first kappa shape index (κ1) is 14.3. The molecule has 2 rings (SSSR count). The monoisotopic (exact) mass is 268 g/mol. The lowest BCUT2D eigenvalue weighted by Crippen LogP contribution is -2.06. The van der Waals surface area contributed by atoms with Gasteiger partial charge >= 0.3 is 5.97 Å². The van der Waals surface area contributed by atoms with Crippen LogP contribution in [0.5, 0.6) is 0 Å². The van der Waals surface area contributed by atoms with Gasteiger partial charge < -0.3 is 4.74 Å². The molecule has 0 N–H and O–H groups in total. The molecule has 0 radical (unpaired) electrons. The van der Waals surface area contributed by atoms with Gasteiger partial charge in [0.2, 0.25) is 0 Å². The Bertz CT molecular complexity index is 570. The number of hydrogen-bond acceptors (Lipinski definition) is 2. The third-order valence-electron chi connectivity index (χ3n) is 3.20. The summed E-state index contributed by atoms with van der Waals surface area (Å²) in [6.07, 6.45) is 1.94.